The lowest BCUT2D eigenvalue weighted by atomic mass is 10.1. The van der Waals surface area contributed by atoms with Crippen LogP contribution in [0.15, 0.2) is 48.5 Å². The molecule has 5 heteroatoms. The van der Waals surface area contributed by atoms with Crippen LogP contribution >= 0.6 is 0 Å². The molecular weight excluding hydrogens is 315 g/mol. The molecule has 2 nitrogen and oxygen atoms in total. The Kier molecular flexibility index (Phi) is 5.64. The summed E-state index contributed by atoms with van der Waals surface area (Å²) in [6.45, 7) is 2.05. The lowest BCUT2D eigenvalue weighted by Gasteiger charge is -2.05. The molecule has 2 rings (SSSR count). The third-order valence-electron chi connectivity index (χ3n) is 3.28. The van der Waals surface area contributed by atoms with Gasteiger partial charge in [-0.25, -0.2) is 0 Å². The molecule has 0 bridgehead atoms. The quantitative estimate of drug-likeness (QED) is 0.853. The standard InChI is InChI=1S/C19H16F3NO/c1-14-7-9-16(10-8-14)13-18(24)23-11-3-5-15-4-2-6-17(12-15)19(20,21)22/h2,4,6-10,12H,11,13H2,1H3,(H,23,24). The van der Waals surface area contributed by atoms with Gasteiger partial charge in [-0.3, -0.25) is 4.79 Å². The number of benzene rings is 2. The van der Waals surface area contributed by atoms with E-state index in [9.17, 15) is 18.0 Å². The maximum atomic E-state index is 12.6. The minimum atomic E-state index is -4.39. The van der Waals surface area contributed by atoms with E-state index in [4.69, 9.17) is 0 Å². The summed E-state index contributed by atoms with van der Waals surface area (Å²) in [5, 5.41) is 2.63. The molecule has 0 fully saturated rings. The van der Waals surface area contributed by atoms with Crippen LogP contribution < -0.4 is 5.32 Å². The number of nitrogens with one attached hydrogen (secondary N) is 1. The van der Waals surface area contributed by atoms with Gasteiger partial charge < -0.3 is 5.32 Å². The van der Waals surface area contributed by atoms with Gasteiger partial charge in [0.2, 0.25) is 5.91 Å². The highest BCUT2D eigenvalue weighted by atomic mass is 19.4. The fraction of sp³-hybridized carbons (Fsp3) is 0.211. The van der Waals surface area contributed by atoms with Crippen LogP contribution in [-0.4, -0.2) is 12.5 Å². The summed E-state index contributed by atoms with van der Waals surface area (Å²) in [7, 11) is 0. The van der Waals surface area contributed by atoms with E-state index in [0.717, 1.165) is 23.3 Å². The number of aryl methyl sites for hydroxylation is 1. The van der Waals surface area contributed by atoms with Crippen molar-refractivity contribution in [3.8, 4) is 11.8 Å². The molecule has 0 saturated carbocycles. The molecule has 124 valence electrons. The average Bonchev–Trinajstić information content (AvgIpc) is 2.53. The van der Waals surface area contributed by atoms with Gasteiger partial charge >= 0.3 is 6.18 Å². The van der Waals surface area contributed by atoms with Gasteiger partial charge in [-0.1, -0.05) is 47.7 Å². The first kappa shape index (κ1) is 17.6. The van der Waals surface area contributed by atoms with Gasteiger partial charge in [0.25, 0.3) is 0 Å². The predicted molar refractivity (Wildman–Crippen MR) is 86.2 cm³/mol. The Morgan fingerprint density at radius 3 is 2.50 bits per heavy atom. The highest BCUT2D eigenvalue weighted by Crippen LogP contribution is 2.29. The van der Waals surface area contributed by atoms with Crippen molar-refractivity contribution in [2.45, 2.75) is 19.5 Å². The molecular formula is C19H16F3NO. The maximum Gasteiger partial charge on any atom is 0.416 e. The summed E-state index contributed by atoms with van der Waals surface area (Å²) in [6.07, 6.45) is -4.15. The van der Waals surface area contributed by atoms with Crippen molar-refractivity contribution < 1.29 is 18.0 Å². The molecule has 0 aromatic heterocycles. The van der Waals surface area contributed by atoms with Crippen LogP contribution in [-0.2, 0) is 17.4 Å². The minimum Gasteiger partial charge on any atom is -0.345 e. The van der Waals surface area contributed by atoms with E-state index in [-0.39, 0.29) is 24.4 Å². The topological polar surface area (TPSA) is 29.1 Å². The normalized spacial score (nSPS) is 10.7. The van der Waals surface area contributed by atoms with Gasteiger partial charge in [0.1, 0.15) is 0 Å². The largest absolute Gasteiger partial charge is 0.416 e. The van der Waals surface area contributed by atoms with E-state index in [0.29, 0.717) is 0 Å². The van der Waals surface area contributed by atoms with Gasteiger partial charge in [0.05, 0.1) is 18.5 Å². The summed E-state index contributed by atoms with van der Waals surface area (Å²) >= 11 is 0. The Hall–Kier alpha value is -2.74. The van der Waals surface area contributed by atoms with E-state index in [2.05, 4.69) is 17.2 Å². The highest BCUT2D eigenvalue weighted by molar-refractivity contribution is 5.78. The SMILES string of the molecule is Cc1ccc(CC(=O)NCC#Cc2cccc(C(F)(F)F)c2)cc1. The van der Waals surface area contributed by atoms with E-state index < -0.39 is 11.7 Å². The molecule has 1 N–H and O–H groups in total. The summed E-state index contributed by atoms with van der Waals surface area (Å²) in [6, 6.07) is 12.4. The van der Waals surface area contributed by atoms with Crippen molar-refractivity contribution in [2.24, 2.45) is 0 Å². The molecule has 0 heterocycles. The zero-order valence-electron chi connectivity index (χ0n) is 13.1. The summed E-state index contributed by atoms with van der Waals surface area (Å²) in [5.41, 5.74) is 1.53. The molecule has 2 aromatic rings. The maximum absolute atomic E-state index is 12.6. The predicted octanol–water partition coefficient (Wildman–Crippen LogP) is 3.72. The fourth-order valence-corrected chi connectivity index (χ4v) is 2.02. The Balaban J connectivity index is 1.87. The molecule has 0 saturated heterocycles. The summed E-state index contributed by atoms with van der Waals surface area (Å²) in [5.74, 6) is 5.09. The van der Waals surface area contributed by atoms with E-state index >= 15 is 0 Å². The third-order valence-corrected chi connectivity index (χ3v) is 3.28. The van der Waals surface area contributed by atoms with Gasteiger partial charge in [0.15, 0.2) is 0 Å². The summed E-state index contributed by atoms with van der Waals surface area (Å²) in [4.78, 5) is 11.8. The second kappa shape index (κ2) is 7.69. The Bertz CT molecular complexity index is 768. The van der Waals surface area contributed by atoms with Gasteiger partial charge in [-0.15, -0.1) is 0 Å². The lowest BCUT2D eigenvalue weighted by molar-refractivity contribution is -0.137. The average molecular weight is 331 g/mol. The number of rotatable bonds is 3. The highest BCUT2D eigenvalue weighted by Gasteiger charge is 2.30. The van der Waals surface area contributed by atoms with Crippen molar-refractivity contribution in [1.82, 2.24) is 5.32 Å². The molecule has 0 aliphatic rings. The Morgan fingerprint density at radius 2 is 1.83 bits per heavy atom. The molecule has 0 radical (unpaired) electrons. The molecule has 0 atom stereocenters. The van der Waals surface area contributed by atoms with Crippen LogP contribution in [0.2, 0.25) is 0 Å². The smallest absolute Gasteiger partial charge is 0.345 e. The van der Waals surface area contributed by atoms with Crippen LogP contribution in [0.3, 0.4) is 0 Å². The molecule has 0 unspecified atom stereocenters. The monoisotopic (exact) mass is 331 g/mol. The Morgan fingerprint density at radius 1 is 1.12 bits per heavy atom. The van der Waals surface area contributed by atoms with Crippen LogP contribution in [0.25, 0.3) is 0 Å². The number of hydrogen-bond donors (Lipinski definition) is 1. The van der Waals surface area contributed by atoms with Gasteiger partial charge in [-0.2, -0.15) is 13.2 Å². The molecule has 2 aromatic carbocycles. The van der Waals surface area contributed by atoms with Crippen molar-refractivity contribution in [1.29, 1.82) is 0 Å². The number of amides is 1. The van der Waals surface area contributed by atoms with E-state index in [1.807, 2.05) is 31.2 Å². The third kappa shape index (κ3) is 5.47. The van der Waals surface area contributed by atoms with Crippen molar-refractivity contribution in [2.75, 3.05) is 6.54 Å². The van der Waals surface area contributed by atoms with Crippen molar-refractivity contribution in [3.63, 3.8) is 0 Å². The second-order valence-electron chi connectivity index (χ2n) is 5.32. The van der Waals surface area contributed by atoms with Gasteiger partial charge in [0, 0.05) is 5.56 Å². The summed E-state index contributed by atoms with van der Waals surface area (Å²) < 4.78 is 37.8. The first-order chi connectivity index (χ1) is 11.3. The molecule has 0 aliphatic heterocycles. The number of carbonyl (C=O) groups excluding carboxylic acids is 1. The first-order valence-corrected chi connectivity index (χ1v) is 7.33. The van der Waals surface area contributed by atoms with Crippen molar-refractivity contribution >= 4 is 5.91 Å². The molecule has 24 heavy (non-hydrogen) atoms. The molecule has 0 aliphatic carbocycles. The number of hydrogen-bond acceptors (Lipinski definition) is 1. The fourth-order valence-electron chi connectivity index (χ4n) is 2.02. The molecule has 1 amide bonds. The lowest BCUT2D eigenvalue weighted by Crippen LogP contribution is -2.25. The zero-order valence-corrected chi connectivity index (χ0v) is 13.1. The van der Waals surface area contributed by atoms with Crippen LogP contribution in [0, 0.1) is 18.8 Å². The number of halogens is 3. The molecule has 0 spiro atoms. The van der Waals surface area contributed by atoms with Crippen LogP contribution in [0.1, 0.15) is 22.3 Å². The first-order valence-electron chi connectivity index (χ1n) is 7.33. The zero-order chi connectivity index (χ0) is 17.6. The Labute approximate surface area is 138 Å². The van der Waals surface area contributed by atoms with E-state index in [1.165, 1.54) is 12.1 Å². The van der Waals surface area contributed by atoms with Crippen LogP contribution in [0.5, 0.6) is 0 Å². The van der Waals surface area contributed by atoms with E-state index in [1.54, 1.807) is 0 Å². The number of carbonyl (C=O) groups is 1. The second-order valence-corrected chi connectivity index (χ2v) is 5.32. The van der Waals surface area contributed by atoms with Crippen molar-refractivity contribution in [3.05, 3.63) is 70.8 Å². The van der Waals surface area contributed by atoms with Crippen LogP contribution in [0.4, 0.5) is 13.2 Å². The number of alkyl halides is 3. The minimum absolute atomic E-state index is 0.0843. The van der Waals surface area contributed by atoms with Gasteiger partial charge in [-0.05, 0) is 30.7 Å².